The standard InChI is InChI=1S/C24H22BrN3O6S/c1-32-17-9-8-13(10-15(17)25)20-14(11-26)23(28-22(30)21(20)24(31)34-3)35-12-19(29)27-16-6-4-5-7-18(16)33-2/h4-10,20-21H,12H2,1-3H3,(H,27,29)(H,28,30)/t20-,21+/m0/s1. The number of esters is 1. The van der Waals surface area contributed by atoms with Crippen LogP contribution in [0.15, 0.2) is 57.5 Å². The van der Waals surface area contributed by atoms with Crippen molar-refractivity contribution in [1.29, 1.82) is 5.26 Å². The summed E-state index contributed by atoms with van der Waals surface area (Å²) in [5.41, 5.74) is 1.18. The number of nitrogens with zero attached hydrogens (tertiary/aromatic N) is 1. The Labute approximate surface area is 214 Å². The van der Waals surface area contributed by atoms with Gasteiger partial charge in [-0.1, -0.05) is 30.0 Å². The van der Waals surface area contributed by atoms with Gasteiger partial charge in [0, 0.05) is 5.92 Å². The molecular weight excluding hydrogens is 538 g/mol. The van der Waals surface area contributed by atoms with E-state index in [9.17, 15) is 19.6 Å². The van der Waals surface area contributed by atoms with Crippen LogP contribution in [-0.2, 0) is 19.1 Å². The summed E-state index contributed by atoms with van der Waals surface area (Å²) < 4.78 is 15.9. The van der Waals surface area contributed by atoms with Gasteiger partial charge in [0.05, 0.1) is 53.9 Å². The number of nitrogens with one attached hydrogen (secondary N) is 2. The molecule has 2 atom stereocenters. The Balaban J connectivity index is 1.93. The van der Waals surface area contributed by atoms with Crippen molar-refractivity contribution in [2.45, 2.75) is 5.92 Å². The summed E-state index contributed by atoms with van der Waals surface area (Å²) in [6, 6.07) is 14.1. The van der Waals surface area contributed by atoms with Crippen molar-refractivity contribution in [3.8, 4) is 17.6 Å². The average molecular weight is 560 g/mol. The molecule has 0 fully saturated rings. The molecule has 0 saturated heterocycles. The van der Waals surface area contributed by atoms with Crippen LogP contribution in [0.3, 0.4) is 0 Å². The first kappa shape index (κ1) is 26.1. The van der Waals surface area contributed by atoms with Crippen molar-refractivity contribution in [3.05, 3.63) is 63.1 Å². The summed E-state index contributed by atoms with van der Waals surface area (Å²) >= 11 is 4.39. The number of amides is 2. The van der Waals surface area contributed by atoms with Gasteiger partial charge in [-0.25, -0.2) is 0 Å². The first-order valence-electron chi connectivity index (χ1n) is 10.3. The molecule has 0 saturated carbocycles. The smallest absolute Gasteiger partial charge is 0.319 e. The van der Waals surface area contributed by atoms with Gasteiger partial charge in [-0.05, 0) is 45.8 Å². The molecular formula is C24H22BrN3O6S. The van der Waals surface area contributed by atoms with Crippen molar-refractivity contribution < 1.29 is 28.6 Å². The number of methoxy groups -OCH3 is 3. The fraction of sp³-hybridized carbons (Fsp3) is 0.250. The summed E-state index contributed by atoms with van der Waals surface area (Å²) in [5, 5.41) is 15.6. The van der Waals surface area contributed by atoms with E-state index in [0.29, 0.717) is 27.2 Å². The van der Waals surface area contributed by atoms with Crippen LogP contribution in [0.4, 0.5) is 5.69 Å². The van der Waals surface area contributed by atoms with Crippen LogP contribution in [0.2, 0.25) is 0 Å². The normalized spacial score (nSPS) is 17.2. The average Bonchev–Trinajstić information content (AvgIpc) is 2.86. The third kappa shape index (κ3) is 5.78. The number of carbonyl (C=O) groups is 3. The summed E-state index contributed by atoms with van der Waals surface area (Å²) in [7, 11) is 4.19. The van der Waals surface area contributed by atoms with Gasteiger partial charge in [0.1, 0.15) is 17.4 Å². The lowest BCUT2D eigenvalue weighted by atomic mass is 9.78. The SMILES string of the molecule is COC(=O)[C@H]1C(=O)NC(SCC(=O)Nc2ccccc2OC)=C(C#N)[C@@H]1c1ccc(OC)c(Br)c1. The Morgan fingerprint density at radius 2 is 1.86 bits per heavy atom. The fourth-order valence-corrected chi connectivity index (χ4v) is 5.03. The molecule has 2 amide bonds. The molecule has 0 spiro atoms. The van der Waals surface area contributed by atoms with E-state index < -0.39 is 23.7 Å². The summed E-state index contributed by atoms with van der Waals surface area (Å²) in [6.07, 6.45) is 0. The summed E-state index contributed by atoms with van der Waals surface area (Å²) in [4.78, 5) is 38.1. The topological polar surface area (TPSA) is 127 Å². The predicted molar refractivity (Wildman–Crippen MR) is 134 cm³/mol. The maximum atomic E-state index is 13.0. The van der Waals surface area contributed by atoms with Crippen LogP contribution in [0.5, 0.6) is 11.5 Å². The van der Waals surface area contributed by atoms with Crippen LogP contribution < -0.4 is 20.1 Å². The first-order valence-corrected chi connectivity index (χ1v) is 12.0. The van der Waals surface area contributed by atoms with E-state index in [1.165, 1.54) is 21.3 Å². The third-order valence-corrected chi connectivity index (χ3v) is 6.88. The van der Waals surface area contributed by atoms with Crippen LogP contribution in [0, 0.1) is 17.2 Å². The number of benzene rings is 2. The van der Waals surface area contributed by atoms with Crippen LogP contribution in [-0.4, -0.2) is 44.9 Å². The number of carbonyl (C=O) groups excluding carboxylic acids is 3. The summed E-state index contributed by atoms with van der Waals surface area (Å²) in [5.74, 6) is -3.00. The lowest BCUT2D eigenvalue weighted by Crippen LogP contribution is -2.44. The second-order valence-corrected chi connectivity index (χ2v) is 9.09. The van der Waals surface area contributed by atoms with E-state index in [-0.39, 0.29) is 22.3 Å². The Morgan fingerprint density at radius 1 is 1.14 bits per heavy atom. The highest BCUT2D eigenvalue weighted by Crippen LogP contribution is 2.42. The third-order valence-electron chi connectivity index (χ3n) is 5.25. The maximum absolute atomic E-state index is 13.0. The molecule has 3 rings (SSSR count). The van der Waals surface area contributed by atoms with Gasteiger partial charge in [0.15, 0.2) is 0 Å². The monoisotopic (exact) mass is 559 g/mol. The van der Waals surface area contributed by atoms with Crippen LogP contribution in [0.1, 0.15) is 11.5 Å². The molecule has 2 aromatic rings. The summed E-state index contributed by atoms with van der Waals surface area (Å²) in [6.45, 7) is 0. The van der Waals surface area contributed by atoms with Crippen molar-refractivity contribution in [1.82, 2.24) is 5.32 Å². The second-order valence-electron chi connectivity index (χ2n) is 7.25. The molecule has 9 nitrogen and oxygen atoms in total. The van der Waals surface area contributed by atoms with Gasteiger partial charge in [0.2, 0.25) is 11.8 Å². The fourth-order valence-electron chi connectivity index (χ4n) is 3.63. The Hall–Kier alpha value is -3.49. The maximum Gasteiger partial charge on any atom is 0.319 e. The zero-order valence-electron chi connectivity index (χ0n) is 19.1. The molecule has 0 unspecified atom stereocenters. The molecule has 2 N–H and O–H groups in total. The van der Waals surface area contributed by atoms with Crippen LogP contribution in [0.25, 0.3) is 0 Å². The minimum atomic E-state index is -1.28. The molecule has 0 bridgehead atoms. The highest BCUT2D eigenvalue weighted by molar-refractivity contribution is 9.10. The largest absolute Gasteiger partial charge is 0.496 e. The number of anilines is 1. The predicted octanol–water partition coefficient (Wildman–Crippen LogP) is 3.58. The van der Waals surface area contributed by atoms with E-state index >= 15 is 0 Å². The van der Waals surface area contributed by atoms with Gasteiger partial charge in [-0.2, -0.15) is 5.26 Å². The molecule has 1 aliphatic rings. The number of rotatable bonds is 8. The molecule has 2 aromatic carbocycles. The highest BCUT2D eigenvalue weighted by Gasteiger charge is 2.44. The molecule has 182 valence electrons. The Kier molecular flexibility index (Phi) is 8.78. The molecule has 11 heteroatoms. The van der Waals surface area contributed by atoms with Gasteiger partial charge >= 0.3 is 5.97 Å². The zero-order valence-corrected chi connectivity index (χ0v) is 21.5. The van der Waals surface area contributed by atoms with E-state index in [0.717, 1.165) is 11.8 Å². The quantitative estimate of drug-likeness (QED) is 0.371. The van der Waals surface area contributed by atoms with Gasteiger partial charge in [-0.3, -0.25) is 14.4 Å². The van der Waals surface area contributed by atoms with E-state index in [2.05, 4.69) is 32.6 Å². The first-order chi connectivity index (χ1) is 16.8. The highest BCUT2D eigenvalue weighted by atomic mass is 79.9. The van der Waals surface area contributed by atoms with Crippen molar-refractivity contribution in [3.63, 3.8) is 0 Å². The molecule has 35 heavy (non-hydrogen) atoms. The van der Waals surface area contributed by atoms with E-state index in [1.807, 2.05) is 0 Å². The lowest BCUT2D eigenvalue weighted by molar-refractivity contribution is -0.150. The van der Waals surface area contributed by atoms with Gasteiger partial charge in [0.25, 0.3) is 0 Å². The number of halogens is 1. The van der Waals surface area contributed by atoms with Crippen molar-refractivity contribution in [2.24, 2.45) is 5.92 Å². The Bertz CT molecular complexity index is 1230. The lowest BCUT2D eigenvalue weighted by Gasteiger charge is -2.31. The number of hydrogen-bond acceptors (Lipinski definition) is 8. The molecule has 0 aliphatic carbocycles. The molecule has 0 radical (unpaired) electrons. The number of allylic oxidation sites excluding steroid dienone is 1. The second kappa shape index (κ2) is 11.8. The van der Waals surface area contributed by atoms with Crippen molar-refractivity contribution in [2.75, 3.05) is 32.4 Å². The number of ether oxygens (including phenoxy) is 3. The minimum absolute atomic E-state index is 0.0965. The van der Waals surface area contributed by atoms with E-state index in [1.54, 1.807) is 42.5 Å². The number of thioether (sulfide) groups is 1. The molecule has 0 aromatic heterocycles. The van der Waals surface area contributed by atoms with Crippen molar-refractivity contribution >= 4 is 51.2 Å². The number of hydrogen-bond donors (Lipinski definition) is 2. The zero-order chi connectivity index (χ0) is 25.5. The van der Waals surface area contributed by atoms with E-state index in [4.69, 9.17) is 14.2 Å². The minimum Gasteiger partial charge on any atom is -0.496 e. The van der Waals surface area contributed by atoms with Gasteiger partial charge in [-0.15, -0.1) is 0 Å². The number of nitriles is 1. The molecule has 1 aliphatic heterocycles. The van der Waals surface area contributed by atoms with Gasteiger partial charge < -0.3 is 24.8 Å². The molecule has 1 heterocycles. The van der Waals surface area contributed by atoms with Crippen LogP contribution >= 0.6 is 27.7 Å². The number of para-hydroxylation sites is 2. The Morgan fingerprint density at radius 3 is 2.49 bits per heavy atom.